The zero-order valence-corrected chi connectivity index (χ0v) is 17.2. The maximum absolute atomic E-state index is 12.3. The van der Waals surface area contributed by atoms with Crippen molar-refractivity contribution in [3.8, 4) is 17.0 Å². The van der Waals surface area contributed by atoms with E-state index in [1.807, 2.05) is 17.5 Å². The van der Waals surface area contributed by atoms with E-state index in [9.17, 15) is 14.9 Å². The van der Waals surface area contributed by atoms with Crippen molar-refractivity contribution in [3.63, 3.8) is 0 Å². The van der Waals surface area contributed by atoms with Crippen LogP contribution in [0.2, 0.25) is 5.02 Å². The van der Waals surface area contributed by atoms with E-state index < -0.39 is 10.8 Å². The molecule has 0 spiro atoms. The molecule has 0 bridgehead atoms. The van der Waals surface area contributed by atoms with E-state index in [2.05, 4.69) is 15.6 Å². The van der Waals surface area contributed by atoms with Gasteiger partial charge in [-0.05, 0) is 36.5 Å². The number of thiazole rings is 1. The number of rotatable bonds is 5. The summed E-state index contributed by atoms with van der Waals surface area (Å²) in [6.07, 6.45) is 0. The second-order valence-corrected chi connectivity index (χ2v) is 7.30. The van der Waals surface area contributed by atoms with Gasteiger partial charge < -0.3 is 10.1 Å². The zero-order chi connectivity index (χ0) is 21.0. The number of halogens is 1. The Morgan fingerprint density at radius 2 is 2.00 bits per heavy atom. The lowest BCUT2D eigenvalue weighted by molar-refractivity contribution is -0.385. The SMILES string of the molecule is COc1ccc(C(=O)NC(=S)Nc2nc(-c3ccc(Cl)cc3)cs2)cc1[N+](=O)[O-]. The summed E-state index contributed by atoms with van der Waals surface area (Å²) < 4.78 is 4.92. The van der Waals surface area contributed by atoms with Crippen LogP contribution in [0.25, 0.3) is 11.3 Å². The maximum Gasteiger partial charge on any atom is 0.311 e. The fourth-order valence-corrected chi connectivity index (χ4v) is 3.47. The average Bonchev–Trinajstić information content (AvgIpc) is 3.16. The molecule has 2 aromatic carbocycles. The summed E-state index contributed by atoms with van der Waals surface area (Å²) in [5, 5.41) is 19.4. The molecule has 0 atom stereocenters. The highest BCUT2D eigenvalue weighted by atomic mass is 35.5. The number of hydrogen-bond donors (Lipinski definition) is 2. The second-order valence-electron chi connectivity index (χ2n) is 5.60. The Hall–Kier alpha value is -3.08. The van der Waals surface area contributed by atoms with Gasteiger partial charge in [-0.1, -0.05) is 23.7 Å². The monoisotopic (exact) mass is 448 g/mol. The lowest BCUT2D eigenvalue weighted by Gasteiger charge is -2.08. The van der Waals surface area contributed by atoms with Crippen molar-refractivity contribution in [2.45, 2.75) is 0 Å². The molecule has 0 unspecified atom stereocenters. The lowest BCUT2D eigenvalue weighted by atomic mass is 10.2. The summed E-state index contributed by atoms with van der Waals surface area (Å²) in [7, 11) is 1.31. The first-order chi connectivity index (χ1) is 13.9. The third-order valence-corrected chi connectivity index (χ3v) is 4.94. The number of nitrogens with zero attached hydrogens (tertiary/aromatic N) is 2. The van der Waals surface area contributed by atoms with Gasteiger partial charge in [0, 0.05) is 27.6 Å². The highest BCUT2D eigenvalue weighted by Crippen LogP contribution is 2.28. The Kier molecular flexibility index (Phi) is 6.37. The van der Waals surface area contributed by atoms with Gasteiger partial charge in [-0.25, -0.2) is 4.98 Å². The van der Waals surface area contributed by atoms with E-state index in [4.69, 9.17) is 28.6 Å². The Morgan fingerprint density at radius 1 is 1.28 bits per heavy atom. The molecule has 8 nitrogen and oxygen atoms in total. The van der Waals surface area contributed by atoms with Crippen molar-refractivity contribution in [2.24, 2.45) is 0 Å². The number of carbonyl (C=O) groups is 1. The van der Waals surface area contributed by atoms with Crippen LogP contribution in [-0.4, -0.2) is 28.0 Å². The number of methoxy groups -OCH3 is 1. The van der Waals surface area contributed by atoms with Crippen molar-refractivity contribution < 1.29 is 14.5 Å². The van der Waals surface area contributed by atoms with Crippen LogP contribution in [0.15, 0.2) is 47.8 Å². The fourth-order valence-electron chi connectivity index (χ4n) is 2.36. The van der Waals surface area contributed by atoms with Gasteiger partial charge in [-0.15, -0.1) is 11.3 Å². The minimum absolute atomic E-state index is 0.0190. The Bertz CT molecular complexity index is 1090. The number of nitro benzene ring substituents is 1. The van der Waals surface area contributed by atoms with Gasteiger partial charge in [-0.3, -0.25) is 20.2 Å². The van der Waals surface area contributed by atoms with E-state index in [1.54, 1.807) is 12.1 Å². The number of ether oxygens (including phenoxy) is 1. The molecule has 3 aromatic rings. The summed E-state index contributed by atoms with van der Waals surface area (Å²) in [5.74, 6) is -0.535. The molecule has 3 rings (SSSR count). The number of thiocarbonyl (C=S) groups is 1. The van der Waals surface area contributed by atoms with Gasteiger partial charge in [0.2, 0.25) is 0 Å². The molecule has 0 aliphatic heterocycles. The van der Waals surface area contributed by atoms with Crippen LogP contribution in [0, 0.1) is 10.1 Å². The summed E-state index contributed by atoms with van der Waals surface area (Å²) in [6, 6.07) is 11.1. The largest absolute Gasteiger partial charge is 0.490 e. The fraction of sp³-hybridized carbons (Fsp3) is 0.0556. The summed E-state index contributed by atoms with van der Waals surface area (Å²) in [4.78, 5) is 27.2. The van der Waals surface area contributed by atoms with Crippen LogP contribution in [0.1, 0.15) is 10.4 Å². The van der Waals surface area contributed by atoms with E-state index in [0.29, 0.717) is 10.2 Å². The third kappa shape index (κ3) is 5.05. The number of nitro groups is 1. The molecular weight excluding hydrogens is 436 g/mol. The maximum atomic E-state index is 12.3. The lowest BCUT2D eigenvalue weighted by Crippen LogP contribution is -2.34. The standard InChI is InChI=1S/C18H13ClN4O4S2/c1-27-15-7-4-11(8-14(15)23(25)26)16(24)21-17(28)22-18-20-13(9-29-18)10-2-5-12(19)6-3-10/h2-9H,1H3,(H2,20,21,22,24,28). The highest BCUT2D eigenvalue weighted by molar-refractivity contribution is 7.80. The van der Waals surface area contributed by atoms with Crippen LogP contribution in [0.4, 0.5) is 10.8 Å². The first kappa shape index (κ1) is 20.6. The molecule has 2 N–H and O–H groups in total. The molecule has 1 aromatic heterocycles. The normalized spacial score (nSPS) is 10.3. The van der Waals surface area contributed by atoms with Gasteiger partial charge in [0.15, 0.2) is 16.0 Å². The Morgan fingerprint density at radius 3 is 2.66 bits per heavy atom. The van der Waals surface area contributed by atoms with Gasteiger partial charge in [-0.2, -0.15) is 0 Å². The minimum Gasteiger partial charge on any atom is -0.490 e. The van der Waals surface area contributed by atoms with Crippen LogP contribution in [0.5, 0.6) is 5.75 Å². The Labute approximate surface area is 179 Å². The molecule has 29 heavy (non-hydrogen) atoms. The summed E-state index contributed by atoms with van der Waals surface area (Å²) >= 11 is 12.3. The average molecular weight is 449 g/mol. The first-order valence-electron chi connectivity index (χ1n) is 8.03. The predicted molar refractivity (Wildman–Crippen MR) is 116 cm³/mol. The van der Waals surface area contributed by atoms with E-state index >= 15 is 0 Å². The third-order valence-electron chi connectivity index (χ3n) is 3.73. The molecule has 0 radical (unpaired) electrons. The van der Waals surface area contributed by atoms with Crippen molar-refractivity contribution in [1.82, 2.24) is 10.3 Å². The van der Waals surface area contributed by atoms with E-state index in [1.165, 1.54) is 30.6 Å². The Balaban J connectivity index is 1.66. The van der Waals surface area contributed by atoms with E-state index in [-0.39, 0.29) is 22.1 Å². The summed E-state index contributed by atoms with van der Waals surface area (Å²) in [6.45, 7) is 0. The van der Waals surface area contributed by atoms with Crippen molar-refractivity contribution in [3.05, 3.63) is 68.5 Å². The van der Waals surface area contributed by atoms with Crippen LogP contribution < -0.4 is 15.4 Å². The topological polar surface area (TPSA) is 106 Å². The highest BCUT2D eigenvalue weighted by Gasteiger charge is 2.19. The molecule has 0 saturated carbocycles. The van der Waals surface area contributed by atoms with Gasteiger partial charge >= 0.3 is 5.69 Å². The molecule has 0 aliphatic carbocycles. The van der Waals surface area contributed by atoms with E-state index in [0.717, 1.165) is 17.3 Å². The first-order valence-corrected chi connectivity index (χ1v) is 9.70. The number of anilines is 1. The van der Waals surface area contributed by atoms with Gasteiger partial charge in [0.05, 0.1) is 17.7 Å². The van der Waals surface area contributed by atoms with Crippen LogP contribution in [0.3, 0.4) is 0 Å². The number of carbonyl (C=O) groups excluding carboxylic acids is 1. The number of aromatic nitrogens is 1. The molecular formula is C18H13ClN4O4S2. The molecule has 0 saturated heterocycles. The van der Waals surface area contributed by atoms with Crippen molar-refractivity contribution >= 4 is 57.0 Å². The molecule has 0 aliphatic rings. The molecule has 0 fully saturated rings. The minimum atomic E-state index is -0.625. The summed E-state index contributed by atoms with van der Waals surface area (Å²) in [5.41, 5.74) is 1.38. The second kappa shape index (κ2) is 8.95. The number of nitrogens with one attached hydrogen (secondary N) is 2. The smallest absolute Gasteiger partial charge is 0.311 e. The number of hydrogen-bond acceptors (Lipinski definition) is 7. The van der Waals surface area contributed by atoms with Crippen molar-refractivity contribution in [2.75, 3.05) is 12.4 Å². The van der Waals surface area contributed by atoms with Gasteiger partial charge in [0.1, 0.15) is 0 Å². The quantitative estimate of drug-likeness (QED) is 0.336. The molecule has 11 heteroatoms. The van der Waals surface area contributed by atoms with Crippen LogP contribution in [-0.2, 0) is 0 Å². The zero-order valence-electron chi connectivity index (χ0n) is 14.8. The molecule has 1 amide bonds. The predicted octanol–water partition coefficient (Wildman–Crippen LogP) is 4.51. The molecule has 148 valence electrons. The van der Waals surface area contributed by atoms with Crippen molar-refractivity contribution in [1.29, 1.82) is 0 Å². The number of amides is 1. The molecule has 1 heterocycles. The number of benzene rings is 2. The van der Waals surface area contributed by atoms with Gasteiger partial charge in [0.25, 0.3) is 5.91 Å². The van der Waals surface area contributed by atoms with Crippen LogP contribution >= 0.6 is 35.2 Å².